The average molecular weight is 222 g/mol. The van der Waals surface area contributed by atoms with E-state index in [1.165, 1.54) is 12.8 Å². The lowest BCUT2D eigenvalue weighted by Gasteiger charge is -2.34. The number of carbonyl (C=O) groups excluding carboxylic acids is 1. The smallest absolute Gasteiger partial charge is 0.243 e. The molecule has 0 aromatic rings. The van der Waals surface area contributed by atoms with Crippen molar-refractivity contribution in [2.75, 3.05) is 19.6 Å². The van der Waals surface area contributed by atoms with Crippen molar-refractivity contribution in [2.24, 2.45) is 5.41 Å². The summed E-state index contributed by atoms with van der Waals surface area (Å²) in [4.78, 5) is 11.5. The first kappa shape index (κ1) is 13.0. The summed E-state index contributed by atoms with van der Waals surface area (Å²) < 4.78 is 0. The van der Waals surface area contributed by atoms with Gasteiger partial charge in [0.1, 0.15) is 0 Å². The lowest BCUT2D eigenvalue weighted by Crippen LogP contribution is -2.45. The SMILES string of the molecule is CC=CC=CC(=O)NCC1(C)CCCNC1. The zero-order valence-corrected chi connectivity index (χ0v) is 10.3. The molecule has 0 saturated carbocycles. The minimum absolute atomic E-state index is 0.00935. The lowest BCUT2D eigenvalue weighted by molar-refractivity contribution is -0.117. The second-order valence-electron chi connectivity index (χ2n) is 4.69. The molecule has 2 N–H and O–H groups in total. The minimum atomic E-state index is -0.00935. The molecule has 0 spiro atoms. The second-order valence-corrected chi connectivity index (χ2v) is 4.69. The fourth-order valence-corrected chi connectivity index (χ4v) is 1.88. The predicted molar refractivity (Wildman–Crippen MR) is 67.2 cm³/mol. The van der Waals surface area contributed by atoms with Crippen LogP contribution in [-0.2, 0) is 4.79 Å². The van der Waals surface area contributed by atoms with Crippen molar-refractivity contribution in [1.82, 2.24) is 10.6 Å². The Bertz CT molecular complexity index is 276. The van der Waals surface area contributed by atoms with E-state index in [-0.39, 0.29) is 11.3 Å². The van der Waals surface area contributed by atoms with Gasteiger partial charge in [-0.2, -0.15) is 0 Å². The third-order valence-corrected chi connectivity index (χ3v) is 2.93. The van der Waals surface area contributed by atoms with Gasteiger partial charge in [0.25, 0.3) is 0 Å². The van der Waals surface area contributed by atoms with E-state index in [1.54, 1.807) is 12.2 Å². The monoisotopic (exact) mass is 222 g/mol. The Hall–Kier alpha value is -1.09. The summed E-state index contributed by atoms with van der Waals surface area (Å²) in [6.07, 6.45) is 9.45. The number of nitrogens with one attached hydrogen (secondary N) is 2. The molecule has 0 aromatic carbocycles. The standard InChI is InChI=1S/C13H22N2O/c1-3-4-5-7-12(16)15-11-13(2)8-6-9-14-10-13/h3-5,7,14H,6,8-11H2,1-2H3,(H,15,16). The van der Waals surface area contributed by atoms with Crippen molar-refractivity contribution in [2.45, 2.75) is 26.7 Å². The Kier molecular flexibility index (Phi) is 5.26. The first-order valence-corrected chi connectivity index (χ1v) is 5.94. The second kappa shape index (κ2) is 6.48. The van der Waals surface area contributed by atoms with Gasteiger partial charge in [-0.15, -0.1) is 0 Å². The molecule has 1 aliphatic heterocycles. The van der Waals surface area contributed by atoms with Crippen LogP contribution in [0.5, 0.6) is 0 Å². The minimum Gasteiger partial charge on any atom is -0.352 e. The lowest BCUT2D eigenvalue weighted by atomic mass is 9.83. The van der Waals surface area contributed by atoms with Gasteiger partial charge >= 0.3 is 0 Å². The number of allylic oxidation sites excluding steroid dienone is 3. The van der Waals surface area contributed by atoms with Gasteiger partial charge in [0, 0.05) is 19.2 Å². The zero-order valence-electron chi connectivity index (χ0n) is 10.3. The number of hydrogen-bond acceptors (Lipinski definition) is 2. The van der Waals surface area contributed by atoms with Gasteiger partial charge in [-0.3, -0.25) is 4.79 Å². The van der Waals surface area contributed by atoms with Crippen molar-refractivity contribution < 1.29 is 4.79 Å². The molecule has 1 aliphatic rings. The fraction of sp³-hybridized carbons (Fsp3) is 0.615. The van der Waals surface area contributed by atoms with E-state index in [2.05, 4.69) is 17.6 Å². The molecule has 0 bridgehead atoms. The molecule has 1 saturated heterocycles. The molecule has 1 atom stereocenters. The third-order valence-electron chi connectivity index (χ3n) is 2.93. The van der Waals surface area contributed by atoms with Crippen molar-refractivity contribution in [1.29, 1.82) is 0 Å². The number of hydrogen-bond donors (Lipinski definition) is 2. The summed E-state index contributed by atoms with van der Waals surface area (Å²) in [5, 5.41) is 6.32. The van der Waals surface area contributed by atoms with Crippen LogP contribution in [0.3, 0.4) is 0 Å². The van der Waals surface area contributed by atoms with Crippen LogP contribution in [0, 0.1) is 5.41 Å². The van der Waals surface area contributed by atoms with E-state index in [1.807, 2.05) is 19.1 Å². The molecule has 1 rings (SSSR count). The molecule has 1 fully saturated rings. The fourth-order valence-electron chi connectivity index (χ4n) is 1.88. The van der Waals surface area contributed by atoms with Crippen LogP contribution < -0.4 is 10.6 Å². The van der Waals surface area contributed by atoms with Crippen LogP contribution in [0.25, 0.3) is 0 Å². The Labute approximate surface area is 98.0 Å². The molecule has 3 heteroatoms. The highest BCUT2D eigenvalue weighted by molar-refractivity contribution is 5.87. The Morgan fingerprint density at radius 3 is 2.94 bits per heavy atom. The Balaban J connectivity index is 2.30. The van der Waals surface area contributed by atoms with E-state index in [4.69, 9.17) is 0 Å². The van der Waals surface area contributed by atoms with Gasteiger partial charge in [-0.25, -0.2) is 0 Å². The molecule has 0 aromatic heterocycles. The van der Waals surface area contributed by atoms with Gasteiger partial charge in [-0.1, -0.05) is 25.2 Å². The first-order chi connectivity index (χ1) is 7.66. The largest absolute Gasteiger partial charge is 0.352 e. The molecule has 0 aliphatic carbocycles. The van der Waals surface area contributed by atoms with E-state index >= 15 is 0 Å². The van der Waals surface area contributed by atoms with Crippen LogP contribution in [0.2, 0.25) is 0 Å². The van der Waals surface area contributed by atoms with Crippen molar-refractivity contribution in [3.63, 3.8) is 0 Å². The van der Waals surface area contributed by atoms with E-state index in [0.29, 0.717) is 0 Å². The van der Waals surface area contributed by atoms with Crippen LogP contribution in [0.4, 0.5) is 0 Å². The Morgan fingerprint density at radius 2 is 2.31 bits per heavy atom. The molecule has 90 valence electrons. The van der Waals surface area contributed by atoms with E-state index < -0.39 is 0 Å². The summed E-state index contributed by atoms with van der Waals surface area (Å²) >= 11 is 0. The summed E-state index contributed by atoms with van der Waals surface area (Å²) in [5.41, 5.74) is 0.211. The zero-order chi connectivity index (χ0) is 11.9. The quantitative estimate of drug-likeness (QED) is 0.560. The maximum Gasteiger partial charge on any atom is 0.243 e. The Morgan fingerprint density at radius 1 is 1.50 bits per heavy atom. The van der Waals surface area contributed by atoms with Crippen LogP contribution in [-0.4, -0.2) is 25.5 Å². The molecule has 1 amide bonds. The highest BCUT2D eigenvalue weighted by Gasteiger charge is 2.26. The topological polar surface area (TPSA) is 41.1 Å². The van der Waals surface area contributed by atoms with Gasteiger partial charge < -0.3 is 10.6 Å². The van der Waals surface area contributed by atoms with Crippen molar-refractivity contribution in [3.05, 3.63) is 24.3 Å². The summed E-state index contributed by atoms with van der Waals surface area (Å²) in [6, 6.07) is 0. The molecule has 1 unspecified atom stereocenters. The summed E-state index contributed by atoms with van der Waals surface area (Å²) in [6.45, 7) is 6.99. The van der Waals surface area contributed by atoms with Gasteiger partial charge in [-0.05, 0) is 31.7 Å². The van der Waals surface area contributed by atoms with Crippen LogP contribution in [0.1, 0.15) is 26.7 Å². The number of piperidine rings is 1. The first-order valence-electron chi connectivity index (χ1n) is 5.94. The number of amides is 1. The van der Waals surface area contributed by atoms with Gasteiger partial charge in [0.05, 0.1) is 0 Å². The molecule has 16 heavy (non-hydrogen) atoms. The summed E-state index contributed by atoms with van der Waals surface area (Å²) in [7, 11) is 0. The average Bonchev–Trinajstić information content (AvgIpc) is 2.28. The molecule has 0 radical (unpaired) electrons. The van der Waals surface area contributed by atoms with Crippen molar-refractivity contribution in [3.8, 4) is 0 Å². The highest BCUT2D eigenvalue weighted by Crippen LogP contribution is 2.23. The van der Waals surface area contributed by atoms with E-state index in [0.717, 1.165) is 19.6 Å². The van der Waals surface area contributed by atoms with Crippen LogP contribution in [0.15, 0.2) is 24.3 Å². The summed E-state index contributed by atoms with van der Waals surface area (Å²) in [5.74, 6) is -0.00935. The number of rotatable bonds is 4. The molecule has 3 nitrogen and oxygen atoms in total. The van der Waals surface area contributed by atoms with Gasteiger partial charge in [0.2, 0.25) is 5.91 Å². The van der Waals surface area contributed by atoms with Gasteiger partial charge in [0.15, 0.2) is 0 Å². The molecule has 1 heterocycles. The number of carbonyl (C=O) groups is 1. The maximum absolute atomic E-state index is 11.5. The highest BCUT2D eigenvalue weighted by atomic mass is 16.1. The molecular formula is C13H22N2O. The normalized spacial score (nSPS) is 26.4. The molecular weight excluding hydrogens is 200 g/mol. The van der Waals surface area contributed by atoms with E-state index in [9.17, 15) is 4.79 Å². The third kappa shape index (κ3) is 4.62. The predicted octanol–water partition coefficient (Wildman–Crippen LogP) is 1.62. The van der Waals surface area contributed by atoms with Crippen LogP contribution >= 0.6 is 0 Å². The maximum atomic E-state index is 11.5. The van der Waals surface area contributed by atoms with Crippen molar-refractivity contribution >= 4 is 5.91 Å².